The van der Waals surface area contributed by atoms with Crippen LogP contribution in [-0.4, -0.2) is 43.1 Å². The van der Waals surface area contributed by atoms with Crippen molar-refractivity contribution in [3.8, 4) is 5.88 Å². The molecule has 0 saturated heterocycles. The van der Waals surface area contributed by atoms with E-state index in [0.29, 0.717) is 5.69 Å². The third-order valence-electron chi connectivity index (χ3n) is 2.67. The smallest absolute Gasteiger partial charge is 0.326 e. The van der Waals surface area contributed by atoms with Gasteiger partial charge in [0.25, 0.3) is 11.5 Å². The summed E-state index contributed by atoms with van der Waals surface area (Å²) in [6.07, 6.45) is 2.85. The molecule has 5 N–H and O–H groups in total. The molecule has 0 bridgehead atoms. The lowest BCUT2D eigenvalue weighted by Crippen LogP contribution is -2.42. The van der Waals surface area contributed by atoms with Crippen molar-refractivity contribution in [1.82, 2.24) is 20.3 Å². The number of aliphatic carboxylic acids is 1. The number of aromatic hydroxyl groups is 1. The maximum atomic E-state index is 11.9. The fourth-order valence-electron chi connectivity index (χ4n) is 1.72. The number of amides is 1. The number of aromatic amines is 2. The quantitative estimate of drug-likeness (QED) is 0.488. The number of H-pyrrole nitrogens is 2. The SMILES string of the molecule is O=C(NC(Cc1cnc[nH]1)C(=O)O)c1cc(O)[nH]c(=O)c1. The van der Waals surface area contributed by atoms with Crippen molar-refractivity contribution in [3.63, 3.8) is 0 Å². The van der Waals surface area contributed by atoms with Gasteiger partial charge in [-0.05, 0) is 0 Å². The second-order valence-electron chi connectivity index (χ2n) is 4.26. The summed E-state index contributed by atoms with van der Waals surface area (Å²) < 4.78 is 0. The van der Waals surface area contributed by atoms with Crippen LogP contribution in [-0.2, 0) is 11.2 Å². The van der Waals surface area contributed by atoms with Crippen molar-refractivity contribution in [3.05, 3.63) is 46.3 Å². The van der Waals surface area contributed by atoms with Crippen LogP contribution in [0, 0.1) is 0 Å². The number of imidazole rings is 1. The normalized spacial score (nSPS) is 11.8. The van der Waals surface area contributed by atoms with Crippen LogP contribution in [0.4, 0.5) is 0 Å². The molecule has 1 unspecified atom stereocenters. The second kappa shape index (κ2) is 5.90. The van der Waals surface area contributed by atoms with Crippen LogP contribution in [0.5, 0.6) is 5.88 Å². The van der Waals surface area contributed by atoms with E-state index in [9.17, 15) is 19.5 Å². The summed E-state index contributed by atoms with van der Waals surface area (Å²) >= 11 is 0. The van der Waals surface area contributed by atoms with E-state index in [0.717, 1.165) is 12.1 Å². The molecule has 2 aromatic rings. The molecule has 110 valence electrons. The van der Waals surface area contributed by atoms with Crippen molar-refractivity contribution in [2.45, 2.75) is 12.5 Å². The number of aromatic nitrogens is 3. The zero-order chi connectivity index (χ0) is 15.4. The first-order valence-electron chi connectivity index (χ1n) is 5.90. The van der Waals surface area contributed by atoms with E-state index < -0.39 is 29.4 Å². The Morgan fingerprint density at radius 2 is 2.14 bits per heavy atom. The number of pyridine rings is 1. The summed E-state index contributed by atoms with van der Waals surface area (Å²) in [7, 11) is 0. The van der Waals surface area contributed by atoms with Gasteiger partial charge in [-0.1, -0.05) is 0 Å². The Hall–Kier alpha value is -3.10. The zero-order valence-electron chi connectivity index (χ0n) is 10.7. The fraction of sp³-hybridized carbons (Fsp3) is 0.167. The molecule has 2 rings (SSSR count). The van der Waals surface area contributed by atoms with Crippen LogP contribution in [0.1, 0.15) is 16.1 Å². The minimum atomic E-state index is -1.23. The van der Waals surface area contributed by atoms with Gasteiger partial charge in [0.15, 0.2) is 5.88 Å². The standard InChI is InChI=1S/C12H12N4O5/c17-9-1-6(2-10(18)16-9)11(19)15-8(12(20)21)3-7-4-13-5-14-7/h1-2,4-5,8H,3H2,(H,13,14)(H,15,19)(H,20,21)(H2,16,17,18). The van der Waals surface area contributed by atoms with E-state index >= 15 is 0 Å². The minimum Gasteiger partial charge on any atom is -0.494 e. The van der Waals surface area contributed by atoms with Gasteiger partial charge in [-0.25, -0.2) is 9.78 Å². The lowest BCUT2D eigenvalue weighted by Gasteiger charge is -2.13. The molecule has 0 spiro atoms. The van der Waals surface area contributed by atoms with Crippen molar-refractivity contribution < 1.29 is 19.8 Å². The van der Waals surface area contributed by atoms with Crippen LogP contribution in [0.2, 0.25) is 0 Å². The number of hydrogen-bond acceptors (Lipinski definition) is 5. The first-order chi connectivity index (χ1) is 9.95. The number of carboxylic acid groups (broad SMARTS) is 1. The lowest BCUT2D eigenvalue weighted by atomic mass is 10.1. The van der Waals surface area contributed by atoms with Crippen molar-refractivity contribution >= 4 is 11.9 Å². The molecule has 2 aromatic heterocycles. The summed E-state index contributed by atoms with van der Waals surface area (Å²) in [5.74, 6) is -2.48. The van der Waals surface area contributed by atoms with Gasteiger partial charge in [-0.2, -0.15) is 0 Å². The summed E-state index contributed by atoms with van der Waals surface area (Å²) in [5, 5.41) is 20.6. The third-order valence-corrected chi connectivity index (χ3v) is 2.67. The molecular weight excluding hydrogens is 280 g/mol. The Kier molecular flexibility index (Phi) is 4.02. The van der Waals surface area contributed by atoms with Gasteiger partial charge in [0.05, 0.1) is 11.9 Å². The summed E-state index contributed by atoms with van der Waals surface area (Å²) in [6, 6.07) is 0.801. The second-order valence-corrected chi connectivity index (χ2v) is 4.26. The highest BCUT2D eigenvalue weighted by Crippen LogP contribution is 2.06. The highest BCUT2D eigenvalue weighted by atomic mass is 16.4. The Balaban J connectivity index is 2.14. The first kappa shape index (κ1) is 14.3. The minimum absolute atomic E-state index is 0.0102. The molecule has 21 heavy (non-hydrogen) atoms. The van der Waals surface area contributed by atoms with Crippen LogP contribution < -0.4 is 10.9 Å². The monoisotopic (exact) mass is 292 g/mol. The van der Waals surface area contributed by atoms with Gasteiger partial charge in [0, 0.05) is 30.4 Å². The van der Waals surface area contributed by atoms with Crippen molar-refractivity contribution in [2.24, 2.45) is 0 Å². The van der Waals surface area contributed by atoms with Gasteiger partial charge in [-0.15, -0.1) is 0 Å². The number of carbonyl (C=O) groups is 2. The van der Waals surface area contributed by atoms with Crippen LogP contribution in [0.15, 0.2) is 29.5 Å². The molecule has 0 aliphatic rings. The summed E-state index contributed by atoms with van der Waals surface area (Å²) in [6.45, 7) is 0. The van der Waals surface area contributed by atoms with Gasteiger partial charge in [0.1, 0.15) is 6.04 Å². The molecule has 2 heterocycles. The van der Waals surface area contributed by atoms with Crippen LogP contribution in [0.25, 0.3) is 0 Å². The molecule has 0 saturated carbocycles. The molecule has 0 aliphatic heterocycles. The molecule has 9 nitrogen and oxygen atoms in total. The maximum absolute atomic E-state index is 11.9. The highest BCUT2D eigenvalue weighted by Gasteiger charge is 2.22. The van der Waals surface area contributed by atoms with Gasteiger partial charge in [0.2, 0.25) is 0 Å². The zero-order valence-corrected chi connectivity index (χ0v) is 10.7. The summed E-state index contributed by atoms with van der Waals surface area (Å²) in [5.41, 5.74) is -0.260. The first-order valence-corrected chi connectivity index (χ1v) is 5.90. The number of nitrogens with zero attached hydrogens (tertiary/aromatic N) is 1. The molecule has 9 heteroatoms. The molecule has 0 aromatic carbocycles. The molecular formula is C12H12N4O5. The molecule has 0 radical (unpaired) electrons. The Labute approximate surface area is 117 Å². The fourth-order valence-corrected chi connectivity index (χ4v) is 1.72. The predicted octanol–water partition coefficient (Wildman–Crippen LogP) is -0.771. The number of hydrogen-bond donors (Lipinski definition) is 5. The van der Waals surface area contributed by atoms with Gasteiger partial charge >= 0.3 is 5.97 Å². The van der Waals surface area contributed by atoms with Gasteiger partial charge < -0.3 is 20.5 Å². The Bertz CT molecular complexity index is 707. The average molecular weight is 292 g/mol. The third kappa shape index (κ3) is 3.69. The van der Waals surface area contributed by atoms with Crippen molar-refractivity contribution in [2.75, 3.05) is 0 Å². The Morgan fingerprint density at radius 1 is 1.38 bits per heavy atom. The molecule has 1 amide bonds. The lowest BCUT2D eigenvalue weighted by molar-refractivity contribution is -0.139. The van der Waals surface area contributed by atoms with Crippen LogP contribution in [0.3, 0.4) is 0 Å². The molecule has 0 fully saturated rings. The number of rotatable bonds is 5. The topological polar surface area (TPSA) is 148 Å². The average Bonchev–Trinajstić information content (AvgIpc) is 2.89. The number of carboxylic acids is 1. The number of carbonyl (C=O) groups excluding carboxylic acids is 1. The van der Waals surface area contributed by atoms with Crippen molar-refractivity contribution in [1.29, 1.82) is 0 Å². The van der Waals surface area contributed by atoms with E-state index in [-0.39, 0.29) is 12.0 Å². The molecule has 1 atom stereocenters. The van der Waals surface area contributed by atoms with Crippen LogP contribution >= 0.6 is 0 Å². The summed E-state index contributed by atoms with van der Waals surface area (Å²) in [4.78, 5) is 42.8. The largest absolute Gasteiger partial charge is 0.494 e. The predicted molar refractivity (Wildman–Crippen MR) is 69.9 cm³/mol. The molecule has 0 aliphatic carbocycles. The van der Waals surface area contributed by atoms with E-state index in [1.54, 1.807) is 0 Å². The van der Waals surface area contributed by atoms with E-state index in [2.05, 4.69) is 20.3 Å². The highest BCUT2D eigenvalue weighted by molar-refractivity contribution is 5.96. The van der Waals surface area contributed by atoms with Gasteiger partial charge in [-0.3, -0.25) is 14.6 Å². The Morgan fingerprint density at radius 3 is 2.71 bits per heavy atom. The number of nitrogens with one attached hydrogen (secondary N) is 3. The van der Waals surface area contributed by atoms with E-state index in [1.807, 2.05) is 0 Å². The maximum Gasteiger partial charge on any atom is 0.326 e. The van der Waals surface area contributed by atoms with E-state index in [4.69, 9.17) is 5.11 Å². The van der Waals surface area contributed by atoms with E-state index in [1.165, 1.54) is 12.5 Å².